The minimum absolute atomic E-state index is 0.282. The topological polar surface area (TPSA) is 213 Å². The predicted octanol–water partition coefficient (Wildman–Crippen LogP) is -1.75. The summed E-state index contributed by atoms with van der Waals surface area (Å²) in [4.78, 5) is 67.3. The second-order valence-corrected chi connectivity index (χ2v) is 6.49. The van der Waals surface area contributed by atoms with Gasteiger partial charge in [0, 0.05) is 17.7 Å². The molecule has 0 saturated carbocycles. The number of aliphatic hydroxyl groups excluding tert-OH is 1. The summed E-state index contributed by atoms with van der Waals surface area (Å²) in [7, 11) is 0. The van der Waals surface area contributed by atoms with E-state index in [-0.39, 0.29) is 5.56 Å². The minimum Gasteiger partial charge on any atom is -0.471 e. The largest absolute Gasteiger partial charge is 0.471 e. The van der Waals surface area contributed by atoms with Crippen molar-refractivity contribution >= 4 is 40.8 Å². The third-order valence-electron chi connectivity index (χ3n) is 4.26. The van der Waals surface area contributed by atoms with E-state index >= 15 is 0 Å². The highest BCUT2D eigenvalue weighted by Gasteiger charge is 2.46. The van der Waals surface area contributed by atoms with Gasteiger partial charge in [-0.2, -0.15) is 11.4 Å². The molecule has 0 fully saturated rings. The van der Waals surface area contributed by atoms with Gasteiger partial charge < -0.3 is 29.3 Å². The molecular formula is C18H20N4O9. The van der Waals surface area contributed by atoms with Crippen molar-refractivity contribution in [2.75, 3.05) is 0 Å². The molecule has 7 N–H and O–H groups in total. The van der Waals surface area contributed by atoms with E-state index in [0.717, 1.165) is 12.3 Å². The molecule has 2 amide bonds. The molecule has 1 heterocycles. The highest BCUT2D eigenvalue weighted by Crippen LogP contribution is 2.22. The molecule has 13 heteroatoms. The second kappa shape index (κ2) is 9.80. The zero-order valence-electron chi connectivity index (χ0n) is 16.2. The molecule has 2 unspecified atom stereocenters. The first-order chi connectivity index (χ1) is 14.6. The van der Waals surface area contributed by atoms with Crippen LogP contribution in [0.1, 0.15) is 24.8 Å². The predicted molar refractivity (Wildman–Crippen MR) is 101 cm³/mol. The summed E-state index contributed by atoms with van der Waals surface area (Å²) >= 11 is 0. The molecule has 0 aliphatic rings. The summed E-state index contributed by atoms with van der Waals surface area (Å²) in [5.74, 6) is -1.25. The number of carbonyl (C=O) groups is 5. The zero-order chi connectivity index (χ0) is 23.2. The molecule has 1 aromatic heterocycles. The third-order valence-corrected chi connectivity index (χ3v) is 4.26. The maximum Gasteiger partial charge on any atom is 0.374 e. The van der Waals surface area contributed by atoms with E-state index in [2.05, 4.69) is 15.6 Å². The number of fused-ring (bicyclic) bond motifs is 1. The Labute approximate surface area is 174 Å². The molecule has 31 heavy (non-hydrogen) atoms. The normalized spacial score (nSPS) is 14.6. The van der Waals surface area contributed by atoms with Gasteiger partial charge in [0.2, 0.25) is 11.6 Å². The van der Waals surface area contributed by atoms with E-state index < -0.39 is 47.9 Å². The van der Waals surface area contributed by atoms with Crippen LogP contribution in [-0.2, 0) is 33.6 Å². The number of amides is 2. The Kier molecular flexibility index (Phi) is 7.42. The fraction of sp³-hybridized carbons (Fsp3) is 0.278. The highest BCUT2D eigenvalue weighted by molar-refractivity contribution is 5.99. The van der Waals surface area contributed by atoms with Crippen molar-refractivity contribution < 1.29 is 43.2 Å². The molecule has 2 aromatic rings. The maximum atomic E-state index is 12.4. The molecular weight excluding hydrogens is 416 g/mol. The summed E-state index contributed by atoms with van der Waals surface area (Å²) in [6.45, 7) is 0.982. The third kappa shape index (κ3) is 5.42. The Morgan fingerprint density at radius 1 is 1.26 bits per heavy atom. The molecule has 166 valence electrons. The van der Waals surface area contributed by atoms with Crippen LogP contribution in [-0.4, -0.2) is 46.9 Å². The van der Waals surface area contributed by atoms with Crippen molar-refractivity contribution in [3.63, 3.8) is 0 Å². The Bertz CT molecular complexity index is 1000. The molecule has 0 saturated heterocycles. The molecule has 0 spiro atoms. The lowest BCUT2D eigenvalue weighted by Gasteiger charge is -2.31. The van der Waals surface area contributed by atoms with Crippen molar-refractivity contribution in [2.24, 2.45) is 11.6 Å². The molecule has 0 radical (unpaired) electrons. The lowest BCUT2D eigenvalue weighted by Crippen LogP contribution is -2.69. The van der Waals surface area contributed by atoms with E-state index in [1.54, 1.807) is 11.5 Å². The summed E-state index contributed by atoms with van der Waals surface area (Å²) in [5.41, 5.74) is 5.10. The average Bonchev–Trinajstić information content (AvgIpc) is 3.19. The highest BCUT2D eigenvalue weighted by atomic mass is 16.7. The number of furan rings is 1. The number of aldehydes is 1. The number of nitrogens with one attached hydrogen (secondary N) is 2. The second-order valence-electron chi connectivity index (χ2n) is 6.49. The Balaban J connectivity index is 2.13. The number of benzene rings is 1. The van der Waals surface area contributed by atoms with Crippen LogP contribution < -0.4 is 22.4 Å². The molecule has 0 bridgehead atoms. The van der Waals surface area contributed by atoms with Gasteiger partial charge >= 0.3 is 11.9 Å². The van der Waals surface area contributed by atoms with Gasteiger partial charge in [0.05, 0.1) is 18.9 Å². The van der Waals surface area contributed by atoms with E-state index in [1.807, 2.05) is 5.32 Å². The number of hydrogen-bond acceptors (Lipinski definition) is 11. The molecule has 1 aromatic carbocycles. The first-order valence-electron chi connectivity index (χ1n) is 8.70. The number of rotatable bonds is 8. The molecule has 13 nitrogen and oxygen atoms in total. The first kappa shape index (κ1) is 23.5. The number of nitrogens with two attached hydrogens (primary N) is 2. The summed E-state index contributed by atoms with van der Waals surface area (Å²) < 4.78 is 5.03. The van der Waals surface area contributed by atoms with Crippen LogP contribution in [0.25, 0.3) is 10.8 Å². The van der Waals surface area contributed by atoms with Gasteiger partial charge in [-0.25, -0.2) is 4.79 Å². The van der Waals surface area contributed by atoms with Crippen LogP contribution in [0.2, 0.25) is 0 Å². The van der Waals surface area contributed by atoms with Gasteiger partial charge in [-0.1, -0.05) is 12.1 Å². The van der Waals surface area contributed by atoms with Gasteiger partial charge in [-0.05, 0) is 11.6 Å². The van der Waals surface area contributed by atoms with Crippen LogP contribution in [0.4, 0.5) is 0 Å². The van der Waals surface area contributed by atoms with Crippen LogP contribution in [0.5, 0.6) is 0 Å². The average molecular weight is 436 g/mol. The number of hydroxylamine groups is 1. The Morgan fingerprint density at radius 3 is 2.55 bits per heavy atom. The molecule has 3 atom stereocenters. The van der Waals surface area contributed by atoms with Gasteiger partial charge in [0.25, 0.3) is 5.91 Å². The molecule has 0 aliphatic carbocycles. The van der Waals surface area contributed by atoms with Crippen LogP contribution >= 0.6 is 0 Å². The minimum atomic E-state index is -2.64. The van der Waals surface area contributed by atoms with Crippen molar-refractivity contribution in [2.45, 2.75) is 31.0 Å². The summed E-state index contributed by atoms with van der Waals surface area (Å²) in [6, 6.07) is 4.66. The smallest absolute Gasteiger partial charge is 0.374 e. The standard InChI is InChI=1S/C18H20N4O9/c1-9(24)21-18(19,14(25)5-15(26)30-20)17(28)31-22-16(27)13(6-23)10-2-3-11-7-29-8-12(11)4-10/h2-4,6-8,13-14,25H,5,19-20H2,1H3,(H,21,24)(H,22,27)/t13?,14-,18?/m0/s1. The quantitative estimate of drug-likeness (QED) is 0.135. The first-order valence-corrected chi connectivity index (χ1v) is 8.70. The van der Waals surface area contributed by atoms with E-state index in [9.17, 15) is 29.1 Å². The Hall–Kier alpha value is -3.81. The van der Waals surface area contributed by atoms with E-state index in [1.165, 1.54) is 24.7 Å². The van der Waals surface area contributed by atoms with Crippen LogP contribution in [0, 0.1) is 0 Å². The summed E-state index contributed by atoms with van der Waals surface area (Å²) in [6.07, 6.45) is 0.314. The monoisotopic (exact) mass is 436 g/mol. The van der Waals surface area contributed by atoms with Crippen LogP contribution in [0.15, 0.2) is 35.1 Å². The zero-order valence-corrected chi connectivity index (χ0v) is 16.2. The van der Waals surface area contributed by atoms with Crippen molar-refractivity contribution in [3.05, 3.63) is 36.3 Å². The van der Waals surface area contributed by atoms with Gasteiger partial charge in [-0.15, -0.1) is 0 Å². The number of carbonyl (C=O) groups excluding carboxylic acids is 5. The lowest BCUT2D eigenvalue weighted by molar-refractivity contribution is -0.172. The van der Waals surface area contributed by atoms with Crippen molar-refractivity contribution in [3.8, 4) is 0 Å². The van der Waals surface area contributed by atoms with Crippen LogP contribution in [0.3, 0.4) is 0 Å². The Morgan fingerprint density at radius 2 is 1.94 bits per heavy atom. The fourth-order valence-electron chi connectivity index (χ4n) is 2.64. The maximum absolute atomic E-state index is 12.4. The fourth-order valence-corrected chi connectivity index (χ4v) is 2.64. The lowest BCUT2D eigenvalue weighted by atomic mass is 9.98. The van der Waals surface area contributed by atoms with E-state index in [4.69, 9.17) is 10.2 Å². The number of hydrogen-bond donors (Lipinski definition) is 5. The molecule has 2 rings (SSSR count). The SMILES string of the molecule is CC(=O)NC(N)(C(=O)ONC(=O)C(C=O)c1ccc2cocc2c1)[C@@H](O)CC(=O)ON. The number of aliphatic hydroxyl groups is 1. The van der Waals surface area contributed by atoms with E-state index in [0.29, 0.717) is 11.7 Å². The van der Waals surface area contributed by atoms with Crippen molar-refractivity contribution in [1.29, 1.82) is 0 Å². The van der Waals surface area contributed by atoms with Gasteiger partial charge in [-0.3, -0.25) is 20.1 Å². The summed E-state index contributed by atoms with van der Waals surface area (Å²) in [5, 5.41) is 13.4. The molecule has 0 aliphatic heterocycles. The van der Waals surface area contributed by atoms with Gasteiger partial charge in [0.1, 0.15) is 18.3 Å². The van der Waals surface area contributed by atoms with Gasteiger partial charge in [0.15, 0.2) is 0 Å². The van der Waals surface area contributed by atoms with Crippen molar-refractivity contribution in [1.82, 2.24) is 10.8 Å².